The van der Waals surface area contributed by atoms with E-state index in [1.807, 2.05) is 92.6 Å². The van der Waals surface area contributed by atoms with Gasteiger partial charge in [-0.15, -0.1) is 5.10 Å². The van der Waals surface area contributed by atoms with Crippen molar-refractivity contribution < 1.29 is 4.79 Å². The van der Waals surface area contributed by atoms with Gasteiger partial charge >= 0.3 is 0 Å². The van der Waals surface area contributed by atoms with Crippen molar-refractivity contribution in [2.75, 3.05) is 38.0 Å². The maximum absolute atomic E-state index is 12.2. The van der Waals surface area contributed by atoms with Gasteiger partial charge < -0.3 is 9.80 Å². The first-order chi connectivity index (χ1) is 13.4. The van der Waals surface area contributed by atoms with Crippen molar-refractivity contribution in [2.24, 2.45) is 10.2 Å². The molecule has 6 nitrogen and oxygen atoms in total. The third-order valence-corrected chi connectivity index (χ3v) is 5.02. The van der Waals surface area contributed by atoms with Crippen molar-refractivity contribution in [2.45, 2.75) is 0 Å². The third kappa shape index (κ3) is 5.01. The van der Waals surface area contributed by atoms with Crippen LogP contribution in [0.4, 0.5) is 11.4 Å². The fraction of sp³-hybridized carbons (Fsp3) is 0.190. The molecule has 3 rings (SSSR count). The largest absolute Gasteiger partial charge is 0.378 e. The summed E-state index contributed by atoms with van der Waals surface area (Å²) in [7, 11) is 7.98. The molecule has 1 aliphatic heterocycles. The van der Waals surface area contributed by atoms with Crippen LogP contribution in [0.15, 0.2) is 63.6 Å². The van der Waals surface area contributed by atoms with Gasteiger partial charge in [-0.2, -0.15) is 5.10 Å². The van der Waals surface area contributed by atoms with Gasteiger partial charge in [-0.25, -0.2) is 0 Å². The SMILES string of the molecule is CN(C)c1ccc(/C=C2\S/C(=N\N=C\c3ccc(N(C)C)cc3)NC2=O)cc1. The van der Waals surface area contributed by atoms with E-state index in [0.717, 1.165) is 22.5 Å². The molecule has 0 aliphatic carbocycles. The second-order valence-electron chi connectivity index (χ2n) is 6.69. The summed E-state index contributed by atoms with van der Waals surface area (Å²) in [5.41, 5.74) is 4.14. The Labute approximate surface area is 169 Å². The summed E-state index contributed by atoms with van der Waals surface area (Å²) in [5.74, 6) is -0.161. The molecule has 1 saturated heterocycles. The number of hydrogen-bond acceptors (Lipinski definition) is 6. The Morgan fingerprint density at radius 1 is 0.857 bits per heavy atom. The van der Waals surface area contributed by atoms with E-state index in [0.29, 0.717) is 10.1 Å². The van der Waals surface area contributed by atoms with Crippen LogP contribution in [0.1, 0.15) is 11.1 Å². The van der Waals surface area contributed by atoms with E-state index >= 15 is 0 Å². The van der Waals surface area contributed by atoms with E-state index in [-0.39, 0.29) is 5.91 Å². The summed E-state index contributed by atoms with van der Waals surface area (Å²) in [5, 5.41) is 11.4. The predicted molar refractivity (Wildman–Crippen MR) is 120 cm³/mol. The Hall–Kier alpha value is -3.06. The molecule has 0 aromatic heterocycles. The van der Waals surface area contributed by atoms with Gasteiger partial charge in [-0.1, -0.05) is 24.3 Å². The summed E-state index contributed by atoms with van der Waals surface area (Å²) in [6.07, 6.45) is 3.52. The smallest absolute Gasteiger partial charge is 0.264 e. The zero-order chi connectivity index (χ0) is 20.1. The number of anilines is 2. The van der Waals surface area contributed by atoms with Crippen LogP contribution in [0.2, 0.25) is 0 Å². The first kappa shape index (κ1) is 19.7. The fourth-order valence-corrected chi connectivity index (χ4v) is 3.28. The minimum Gasteiger partial charge on any atom is -0.378 e. The maximum atomic E-state index is 12.2. The van der Waals surface area contributed by atoms with Crippen LogP contribution in [-0.2, 0) is 4.79 Å². The highest BCUT2D eigenvalue weighted by Gasteiger charge is 2.23. The van der Waals surface area contributed by atoms with Crippen LogP contribution in [0.5, 0.6) is 0 Å². The first-order valence-corrected chi connectivity index (χ1v) is 9.61. The Kier molecular flexibility index (Phi) is 6.16. The molecule has 144 valence electrons. The van der Waals surface area contributed by atoms with Crippen molar-refractivity contribution >= 4 is 46.5 Å². The second-order valence-corrected chi connectivity index (χ2v) is 7.72. The number of nitrogens with one attached hydrogen (secondary N) is 1. The van der Waals surface area contributed by atoms with Crippen LogP contribution in [0.3, 0.4) is 0 Å². The van der Waals surface area contributed by atoms with Gasteiger partial charge in [0, 0.05) is 39.6 Å². The van der Waals surface area contributed by atoms with E-state index in [1.54, 1.807) is 6.21 Å². The molecule has 2 aromatic rings. The summed E-state index contributed by atoms with van der Waals surface area (Å²) in [6, 6.07) is 16.0. The number of benzene rings is 2. The minimum absolute atomic E-state index is 0.161. The molecule has 0 saturated carbocycles. The van der Waals surface area contributed by atoms with Crippen molar-refractivity contribution in [3.8, 4) is 0 Å². The number of nitrogens with zero attached hydrogens (tertiary/aromatic N) is 4. The Balaban J connectivity index is 1.66. The van der Waals surface area contributed by atoms with Gasteiger partial charge in [0.25, 0.3) is 5.91 Å². The topological polar surface area (TPSA) is 60.3 Å². The molecule has 2 aromatic carbocycles. The quantitative estimate of drug-likeness (QED) is 0.480. The molecular formula is C21H23N5OS. The number of carbonyl (C=O) groups is 1. The third-order valence-electron chi connectivity index (χ3n) is 4.12. The molecule has 28 heavy (non-hydrogen) atoms. The average Bonchev–Trinajstić information content (AvgIpc) is 3.02. The van der Waals surface area contributed by atoms with Crippen LogP contribution in [0, 0.1) is 0 Å². The summed E-state index contributed by atoms with van der Waals surface area (Å²) < 4.78 is 0. The summed E-state index contributed by atoms with van der Waals surface area (Å²) in [6.45, 7) is 0. The number of carbonyl (C=O) groups excluding carboxylic acids is 1. The normalized spacial score (nSPS) is 16.8. The van der Waals surface area contributed by atoms with Crippen molar-refractivity contribution in [1.82, 2.24) is 5.32 Å². The van der Waals surface area contributed by atoms with E-state index < -0.39 is 0 Å². The molecule has 1 fully saturated rings. The zero-order valence-electron chi connectivity index (χ0n) is 16.4. The van der Waals surface area contributed by atoms with E-state index in [9.17, 15) is 4.79 Å². The number of amidine groups is 1. The molecule has 1 heterocycles. The monoisotopic (exact) mass is 393 g/mol. The van der Waals surface area contributed by atoms with E-state index in [2.05, 4.69) is 15.5 Å². The van der Waals surface area contributed by atoms with Crippen LogP contribution < -0.4 is 15.1 Å². The number of rotatable bonds is 5. The Morgan fingerprint density at radius 2 is 1.39 bits per heavy atom. The van der Waals surface area contributed by atoms with Crippen LogP contribution in [-0.4, -0.2) is 45.5 Å². The van der Waals surface area contributed by atoms with Gasteiger partial charge in [0.15, 0.2) is 5.17 Å². The highest BCUT2D eigenvalue weighted by molar-refractivity contribution is 8.18. The predicted octanol–water partition coefficient (Wildman–Crippen LogP) is 3.41. The van der Waals surface area contributed by atoms with E-state index in [4.69, 9.17) is 0 Å². The van der Waals surface area contributed by atoms with Gasteiger partial charge in [-0.05, 0) is 53.2 Å². The molecule has 1 amide bonds. The van der Waals surface area contributed by atoms with Gasteiger partial charge in [-0.3, -0.25) is 10.1 Å². The molecule has 1 aliphatic rings. The molecule has 0 bridgehead atoms. The lowest BCUT2D eigenvalue weighted by molar-refractivity contribution is -0.115. The van der Waals surface area contributed by atoms with Crippen molar-refractivity contribution in [3.63, 3.8) is 0 Å². The van der Waals surface area contributed by atoms with Crippen molar-refractivity contribution in [3.05, 3.63) is 64.6 Å². The summed E-state index contributed by atoms with van der Waals surface area (Å²) >= 11 is 1.29. The maximum Gasteiger partial charge on any atom is 0.264 e. The molecule has 1 N–H and O–H groups in total. The Morgan fingerprint density at radius 3 is 1.93 bits per heavy atom. The molecular weight excluding hydrogens is 370 g/mol. The van der Waals surface area contributed by atoms with Crippen molar-refractivity contribution in [1.29, 1.82) is 0 Å². The lowest BCUT2D eigenvalue weighted by Crippen LogP contribution is -2.19. The van der Waals surface area contributed by atoms with Gasteiger partial charge in [0.1, 0.15) is 0 Å². The highest BCUT2D eigenvalue weighted by atomic mass is 32.2. The Bertz CT molecular complexity index is 928. The van der Waals surface area contributed by atoms with Crippen LogP contribution >= 0.6 is 11.8 Å². The van der Waals surface area contributed by atoms with Crippen LogP contribution in [0.25, 0.3) is 6.08 Å². The fourth-order valence-electron chi connectivity index (χ4n) is 2.50. The average molecular weight is 394 g/mol. The molecule has 0 spiro atoms. The first-order valence-electron chi connectivity index (χ1n) is 8.79. The van der Waals surface area contributed by atoms with Gasteiger partial charge in [0.05, 0.1) is 11.1 Å². The number of thioether (sulfide) groups is 1. The summed E-state index contributed by atoms with van der Waals surface area (Å²) in [4.78, 5) is 16.8. The number of hydrogen-bond donors (Lipinski definition) is 1. The highest BCUT2D eigenvalue weighted by Crippen LogP contribution is 2.26. The molecule has 0 radical (unpaired) electrons. The standard InChI is InChI=1S/C21H23N5OS/c1-25(2)17-9-5-15(6-10-17)13-19-20(27)23-21(28-19)24-22-14-16-7-11-18(12-8-16)26(3)4/h5-14H,1-4H3,(H,23,24,27)/b19-13-,22-14+. The number of amides is 1. The van der Waals surface area contributed by atoms with E-state index in [1.165, 1.54) is 11.8 Å². The van der Waals surface area contributed by atoms with Gasteiger partial charge in [0.2, 0.25) is 0 Å². The molecule has 7 heteroatoms. The molecule has 0 unspecified atom stereocenters. The molecule has 0 atom stereocenters. The lowest BCUT2D eigenvalue weighted by atomic mass is 10.2. The minimum atomic E-state index is -0.161. The lowest BCUT2D eigenvalue weighted by Gasteiger charge is -2.11. The second kappa shape index (κ2) is 8.75. The zero-order valence-corrected chi connectivity index (χ0v) is 17.2.